The fourth-order valence-corrected chi connectivity index (χ4v) is 3.37. The first-order valence-electron chi connectivity index (χ1n) is 8.50. The van der Waals surface area contributed by atoms with Crippen molar-refractivity contribution in [2.24, 2.45) is 0 Å². The predicted octanol–water partition coefficient (Wildman–Crippen LogP) is 3.83. The van der Waals surface area contributed by atoms with Crippen LogP contribution in [-0.2, 0) is 17.9 Å². The van der Waals surface area contributed by atoms with Gasteiger partial charge in [-0.15, -0.1) is 11.3 Å². The highest BCUT2D eigenvalue weighted by Gasteiger charge is 2.03. The van der Waals surface area contributed by atoms with Gasteiger partial charge in [0.1, 0.15) is 5.75 Å². The van der Waals surface area contributed by atoms with Gasteiger partial charge in [-0.3, -0.25) is 4.79 Å². The van der Waals surface area contributed by atoms with Crippen LogP contribution in [0, 0.1) is 0 Å². The average Bonchev–Trinajstić information content (AvgIpc) is 3.17. The van der Waals surface area contributed by atoms with Gasteiger partial charge in [-0.2, -0.15) is 0 Å². The molecule has 3 aromatic rings. The molecule has 3 rings (SSSR count). The summed E-state index contributed by atoms with van der Waals surface area (Å²) >= 11 is 1.77. The molecule has 4 nitrogen and oxygen atoms in total. The summed E-state index contributed by atoms with van der Waals surface area (Å²) in [5, 5.41) is 8.20. The molecule has 0 aliphatic carbocycles. The van der Waals surface area contributed by atoms with Crippen LogP contribution in [-0.4, -0.2) is 19.6 Å². The van der Waals surface area contributed by atoms with Crippen LogP contribution in [0.25, 0.3) is 11.1 Å². The molecular formula is C21H22N2O2S. The van der Waals surface area contributed by atoms with E-state index in [4.69, 9.17) is 4.74 Å². The number of nitrogens with one attached hydrogen (secondary N) is 2. The molecule has 0 saturated heterocycles. The van der Waals surface area contributed by atoms with Gasteiger partial charge in [0.15, 0.2) is 6.61 Å². The number of hydrogen-bond acceptors (Lipinski definition) is 4. The maximum atomic E-state index is 11.2. The predicted molar refractivity (Wildman–Crippen MR) is 106 cm³/mol. The molecule has 0 aliphatic rings. The fraction of sp³-hybridized carbons (Fsp3) is 0.190. The van der Waals surface area contributed by atoms with Gasteiger partial charge in [0, 0.05) is 25.0 Å². The van der Waals surface area contributed by atoms with E-state index in [0.29, 0.717) is 5.75 Å². The molecule has 1 amide bonds. The Morgan fingerprint density at radius 3 is 2.50 bits per heavy atom. The van der Waals surface area contributed by atoms with Crippen LogP contribution in [0.3, 0.4) is 0 Å². The number of hydrogen-bond donors (Lipinski definition) is 2. The number of carbonyl (C=O) groups excluding carboxylic acids is 1. The third kappa shape index (κ3) is 5.18. The SMILES string of the molecule is CNC(=O)COc1ccc(CNCc2cc(-c3ccccc3)cs2)cc1. The van der Waals surface area contributed by atoms with Crippen molar-refractivity contribution in [2.75, 3.05) is 13.7 Å². The second-order valence-corrected chi connectivity index (χ2v) is 6.87. The van der Waals surface area contributed by atoms with E-state index in [1.807, 2.05) is 30.3 Å². The van der Waals surface area contributed by atoms with Gasteiger partial charge in [0.25, 0.3) is 5.91 Å². The Morgan fingerprint density at radius 1 is 1.00 bits per heavy atom. The van der Waals surface area contributed by atoms with Crippen LogP contribution >= 0.6 is 11.3 Å². The Labute approximate surface area is 157 Å². The summed E-state index contributed by atoms with van der Waals surface area (Å²) < 4.78 is 5.40. The minimum absolute atomic E-state index is 0.0379. The Morgan fingerprint density at radius 2 is 1.77 bits per heavy atom. The molecule has 2 N–H and O–H groups in total. The molecule has 0 spiro atoms. The topological polar surface area (TPSA) is 50.4 Å². The maximum absolute atomic E-state index is 11.2. The zero-order valence-electron chi connectivity index (χ0n) is 14.7. The van der Waals surface area contributed by atoms with Gasteiger partial charge in [0.2, 0.25) is 0 Å². The van der Waals surface area contributed by atoms with Crippen molar-refractivity contribution >= 4 is 17.2 Å². The maximum Gasteiger partial charge on any atom is 0.257 e. The van der Waals surface area contributed by atoms with Crippen molar-refractivity contribution in [1.82, 2.24) is 10.6 Å². The van der Waals surface area contributed by atoms with Crippen LogP contribution in [0.15, 0.2) is 66.0 Å². The van der Waals surface area contributed by atoms with Gasteiger partial charge in [-0.1, -0.05) is 42.5 Å². The number of benzene rings is 2. The Hall–Kier alpha value is -2.63. The van der Waals surface area contributed by atoms with Crippen molar-refractivity contribution < 1.29 is 9.53 Å². The Kier molecular flexibility index (Phi) is 6.41. The van der Waals surface area contributed by atoms with Crippen LogP contribution in [0.5, 0.6) is 5.75 Å². The van der Waals surface area contributed by atoms with Gasteiger partial charge in [-0.25, -0.2) is 0 Å². The zero-order chi connectivity index (χ0) is 18.2. The number of thiophene rings is 1. The summed E-state index contributed by atoms with van der Waals surface area (Å²) in [6.07, 6.45) is 0. The van der Waals surface area contributed by atoms with E-state index in [2.05, 4.69) is 46.3 Å². The fourth-order valence-electron chi connectivity index (χ4n) is 2.51. The molecule has 134 valence electrons. The van der Waals surface area contributed by atoms with Crippen LogP contribution in [0.4, 0.5) is 0 Å². The molecule has 0 fully saturated rings. The second-order valence-electron chi connectivity index (χ2n) is 5.88. The minimum atomic E-state index is -0.137. The lowest BCUT2D eigenvalue weighted by Crippen LogP contribution is -2.24. The summed E-state index contributed by atoms with van der Waals surface area (Å²) in [6.45, 7) is 1.66. The smallest absolute Gasteiger partial charge is 0.257 e. The standard InChI is InChI=1S/C21H22N2O2S/c1-22-21(24)14-25-19-9-7-16(8-10-19)12-23-13-20-11-18(15-26-20)17-5-3-2-4-6-17/h2-11,15,23H,12-14H2,1H3,(H,22,24). The number of carbonyl (C=O) groups is 1. The Balaban J connectivity index is 1.46. The summed E-state index contributed by atoms with van der Waals surface area (Å²) in [6, 6.07) is 20.5. The van der Waals surface area contributed by atoms with E-state index in [1.165, 1.54) is 21.6 Å². The third-order valence-electron chi connectivity index (χ3n) is 3.96. The van der Waals surface area contributed by atoms with Gasteiger partial charge < -0.3 is 15.4 Å². The number of ether oxygens (including phenoxy) is 1. The quantitative estimate of drug-likeness (QED) is 0.637. The molecule has 1 heterocycles. The first kappa shape index (κ1) is 18.2. The molecule has 5 heteroatoms. The molecular weight excluding hydrogens is 344 g/mol. The van der Waals surface area contributed by atoms with E-state index in [1.54, 1.807) is 18.4 Å². The minimum Gasteiger partial charge on any atom is -0.484 e. The van der Waals surface area contributed by atoms with Crippen molar-refractivity contribution in [3.8, 4) is 16.9 Å². The van der Waals surface area contributed by atoms with Gasteiger partial charge in [-0.05, 0) is 40.3 Å². The van der Waals surface area contributed by atoms with Crippen molar-refractivity contribution in [3.05, 3.63) is 76.5 Å². The molecule has 2 aromatic carbocycles. The third-order valence-corrected chi connectivity index (χ3v) is 4.90. The first-order chi connectivity index (χ1) is 12.7. The molecule has 0 unspecified atom stereocenters. The van der Waals surface area contributed by atoms with E-state index in [0.717, 1.165) is 13.1 Å². The second kappa shape index (κ2) is 9.17. The lowest BCUT2D eigenvalue weighted by molar-refractivity contribution is -0.122. The lowest BCUT2D eigenvalue weighted by atomic mass is 10.1. The summed E-state index contributed by atoms with van der Waals surface area (Å²) in [5.41, 5.74) is 3.70. The van der Waals surface area contributed by atoms with E-state index >= 15 is 0 Å². The van der Waals surface area contributed by atoms with Crippen molar-refractivity contribution in [3.63, 3.8) is 0 Å². The number of rotatable bonds is 8. The van der Waals surface area contributed by atoms with E-state index in [-0.39, 0.29) is 12.5 Å². The molecule has 0 aliphatic heterocycles. The van der Waals surface area contributed by atoms with Crippen LogP contribution < -0.4 is 15.4 Å². The van der Waals surface area contributed by atoms with Crippen molar-refractivity contribution in [1.29, 1.82) is 0 Å². The first-order valence-corrected chi connectivity index (χ1v) is 9.38. The van der Waals surface area contributed by atoms with E-state index < -0.39 is 0 Å². The summed E-state index contributed by atoms with van der Waals surface area (Å²) in [5.74, 6) is 0.560. The van der Waals surface area contributed by atoms with Crippen LogP contribution in [0.1, 0.15) is 10.4 Å². The van der Waals surface area contributed by atoms with Crippen LogP contribution in [0.2, 0.25) is 0 Å². The van der Waals surface area contributed by atoms with Gasteiger partial charge >= 0.3 is 0 Å². The normalized spacial score (nSPS) is 10.5. The monoisotopic (exact) mass is 366 g/mol. The Bertz CT molecular complexity index is 829. The molecule has 0 atom stereocenters. The zero-order valence-corrected chi connectivity index (χ0v) is 15.5. The molecule has 1 aromatic heterocycles. The van der Waals surface area contributed by atoms with Crippen molar-refractivity contribution in [2.45, 2.75) is 13.1 Å². The number of likely N-dealkylation sites (N-methyl/N-ethyl adjacent to an activating group) is 1. The van der Waals surface area contributed by atoms with E-state index in [9.17, 15) is 4.79 Å². The molecule has 0 bridgehead atoms. The van der Waals surface area contributed by atoms with Gasteiger partial charge in [0.05, 0.1) is 0 Å². The molecule has 26 heavy (non-hydrogen) atoms. The largest absolute Gasteiger partial charge is 0.484 e. The highest BCUT2D eigenvalue weighted by atomic mass is 32.1. The highest BCUT2D eigenvalue weighted by molar-refractivity contribution is 7.10. The number of amides is 1. The molecule has 0 radical (unpaired) electrons. The summed E-state index contributed by atoms with van der Waals surface area (Å²) in [7, 11) is 1.59. The highest BCUT2D eigenvalue weighted by Crippen LogP contribution is 2.25. The summed E-state index contributed by atoms with van der Waals surface area (Å²) in [4.78, 5) is 12.5. The average molecular weight is 366 g/mol. The molecule has 0 saturated carbocycles. The lowest BCUT2D eigenvalue weighted by Gasteiger charge is -2.07.